The topological polar surface area (TPSA) is 17.8 Å². The fourth-order valence-corrected chi connectivity index (χ4v) is 1.30. The minimum atomic E-state index is 0.647. The van der Waals surface area contributed by atoms with Crippen molar-refractivity contribution < 1.29 is 0 Å². The second-order valence-electron chi connectivity index (χ2n) is 3.30. The van der Waals surface area contributed by atoms with Crippen LogP contribution in [0.4, 0.5) is 0 Å². The molecule has 1 aromatic heterocycles. The van der Waals surface area contributed by atoms with Gasteiger partial charge in [-0.25, -0.2) is 0 Å². The minimum absolute atomic E-state index is 0.647. The summed E-state index contributed by atoms with van der Waals surface area (Å²) in [6.07, 6.45) is 1.79. The van der Waals surface area contributed by atoms with Gasteiger partial charge in [-0.3, -0.25) is 4.68 Å². The molecule has 1 aromatic carbocycles. The van der Waals surface area contributed by atoms with Crippen molar-refractivity contribution in [3.05, 3.63) is 53.9 Å². The Morgan fingerprint density at radius 2 is 2.00 bits per heavy atom. The first-order valence-electron chi connectivity index (χ1n) is 4.88. The van der Waals surface area contributed by atoms with Crippen molar-refractivity contribution in [1.29, 1.82) is 0 Å². The fraction of sp³-hybridized carbons (Fsp3) is 0.154. The highest BCUT2D eigenvalue weighted by atomic mass is 15.3. The van der Waals surface area contributed by atoms with E-state index in [1.54, 1.807) is 6.20 Å². The van der Waals surface area contributed by atoms with Crippen molar-refractivity contribution in [1.82, 2.24) is 9.78 Å². The molecule has 2 aromatic rings. The predicted molar refractivity (Wildman–Crippen MR) is 60.3 cm³/mol. The van der Waals surface area contributed by atoms with Gasteiger partial charge in [-0.15, -0.1) is 0 Å². The second kappa shape index (κ2) is 4.47. The van der Waals surface area contributed by atoms with Crippen molar-refractivity contribution in [3.63, 3.8) is 0 Å². The molecule has 0 aliphatic rings. The Hall–Kier alpha value is -2.01. The number of rotatable bonds is 1. The van der Waals surface area contributed by atoms with Gasteiger partial charge in [0.2, 0.25) is 0 Å². The number of hydrogen-bond donors (Lipinski definition) is 0. The van der Waals surface area contributed by atoms with Crippen LogP contribution in [0, 0.1) is 18.8 Å². The number of hydrogen-bond acceptors (Lipinski definition) is 1. The molecule has 1 heterocycles. The quantitative estimate of drug-likeness (QED) is 0.640. The number of aromatic nitrogens is 2. The molecule has 74 valence electrons. The lowest BCUT2D eigenvalue weighted by Crippen LogP contribution is -1.99. The van der Waals surface area contributed by atoms with E-state index in [1.165, 1.54) is 0 Å². The van der Waals surface area contributed by atoms with Gasteiger partial charge < -0.3 is 0 Å². The molecule has 0 amide bonds. The van der Waals surface area contributed by atoms with Crippen LogP contribution in [-0.2, 0) is 6.54 Å². The van der Waals surface area contributed by atoms with Crippen LogP contribution in [0.3, 0.4) is 0 Å². The van der Waals surface area contributed by atoms with Gasteiger partial charge in [-0.1, -0.05) is 30.0 Å². The first kappa shape index (κ1) is 9.54. The molecule has 0 fully saturated rings. The van der Waals surface area contributed by atoms with E-state index in [2.05, 4.69) is 16.9 Å². The van der Waals surface area contributed by atoms with Crippen LogP contribution in [0.5, 0.6) is 0 Å². The summed E-state index contributed by atoms with van der Waals surface area (Å²) in [5.41, 5.74) is 2.18. The maximum Gasteiger partial charge on any atom is 0.102 e. The van der Waals surface area contributed by atoms with Gasteiger partial charge in [0.05, 0.1) is 0 Å². The molecule has 2 nitrogen and oxygen atoms in total. The molecule has 0 saturated carbocycles. The third kappa shape index (κ3) is 2.47. The Kier molecular flexibility index (Phi) is 2.85. The molecule has 0 atom stereocenters. The highest BCUT2D eigenvalue weighted by molar-refractivity contribution is 5.33. The second-order valence-corrected chi connectivity index (χ2v) is 3.30. The summed E-state index contributed by atoms with van der Waals surface area (Å²) in [6.45, 7) is 2.67. The van der Waals surface area contributed by atoms with E-state index in [0.29, 0.717) is 6.54 Å². The molecular formula is C13H12N2. The van der Waals surface area contributed by atoms with Crippen molar-refractivity contribution in [2.45, 2.75) is 13.5 Å². The van der Waals surface area contributed by atoms with Gasteiger partial charge in [0.25, 0.3) is 0 Å². The zero-order chi connectivity index (χ0) is 10.5. The monoisotopic (exact) mass is 196 g/mol. The van der Waals surface area contributed by atoms with E-state index < -0.39 is 0 Å². The summed E-state index contributed by atoms with van der Waals surface area (Å²) in [4.78, 5) is 0. The van der Waals surface area contributed by atoms with E-state index in [0.717, 1.165) is 11.3 Å². The van der Waals surface area contributed by atoms with Gasteiger partial charge in [0.15, 0.2) is 0 Å². The maximum atomic E-state index is 4.16. The van der Waals surface area contributed by atoms with Crippen LogP contribution in [0.1, 0.15) is 11.3 Å². The lowest BCUT2D eigenvalue weighted by Gasteiger charge is -1.95. The molecule has 0 spiro atoms. The number of aryl methyl sites for hydroxylation is 1. The molecule has 0 bridgehead atoms. The zero-order valence-corrected chi connectivity index (χ0v) is 8.64. The Balaban J connectivity index is 2.06. The van der Waals surface area contributed by atoms with Gasteiger partial charge in [0, 0.05) is 17.5 Å². The number of benzene rings is 1. The molecule has 0 saturated heterocycles. The first-order valence-corrected chi connectivity index (χ1v) is 4.88. The summed E-state index contributed by atoms with van der Waals surface area (Å²) in [7, 11) is 0. The predicted octanol–water partition coefficient (Wildman–Crippen LogP) is 2.24. The third-order valence-corrected chi connectivity index (χ3v) is 2.16. The summed E-state index contributed by atoms with van der Waals surface area (Å²) in [5, 5.41) is 4.16. The lowest BCUT2D eigenvalue weighted by molar-refractivity contribution is 0.691. The molecular weight excluding hydrogens is 184 g/mol. The van der Waals surface area contributed by atoms with Crippen LogP contribution in [0.15, 0.2) is 42.6 Å². The van der Waals surface area contributed by atoms with Crippen LogP contribution in [-0.4, -0.2) is 9.78 Å². The average Bonchev–Trinajstić information content (AvgIpc) is 2.66. The molecule has 2 heteroatoms. The maximum absolute atomic E-state index is 4.16. The highest BCUT2D eigenvalue weighted by Gasteiger charge is 1.91. The Morgan fingerprint density at radius 1 is 1.20 bits per heavy atom. The Morgan fingerprint density at radius 3 is 2.67 bits per heavy atom. The minimum Gasteiger partial charge on any atom is -0.258 e. The zero-order valence-electron chi connectivity index (χ0n) is 8.64. The van der Waals surface area contributed by atoms with E-state index in [-0.39, 0.29) is 0 Å². The molecule has 0 unspecified atom stereocenters. The van der Waals surface area contributed by atoms with Crippen molar-refractivity contribution in [2.75, 3.05) is 0 Å². The summed E-state index contributed by atoms with van der Waals surface area (Å²) in [6, 6.07) is 11.9. The molecule has 0 aliphatic heterocycles. The SMILES string of the molecule is Cc1ccnn1CC#Cc1ccccc1. The van der Waals surface area contributed by atoms with Crippen molar-refractivity contribution in [3.8, 4) is 11.8 Å². The third-order valence-electron chi connectivity index (χ3n) is 2.16. The van der Waals surface area contributed by atoms with Crippen LogP contribution >= 0.6 is 0 Å². The normalized spacial score (nSPS) is 9.40. The Labute approximate surface area is 89.6 Å². The summed E-state index contributed by atoms with van der Waals surface area (Å²) < 4.78 is 1.88. The molecule has 2 rings (SSSR count). The standard InChI is InChI=1S/C13H12N2/c1-12-9-10-14-15(12)11-5-8-13-6-3-2-4-7-13/h2-4,6-7,9-10H,11H2,1H3. The molecule has 15 heavy (non-hydrogen) atoms. The van der Waals surface area contributed by atoms with Gasteiger partial charge in [-0.05, 0) is 25.1 Å². The molecule has 0 aliphatic carbocycles. The largest absolute Gasteiger partial charge is 0.258 e. The van der Waals surface area contributed by atoms with Crippen molar-refractivity contribution >= 4 is 0 Å². The highest BCUT2D eigenvalue weighted by Crippen LogP contribution is 1.96. The van der Waals surface area contributed by atoms with Crippen molar-refractivity contribution in [2.24, 2.45) is 0 Å². The van der Waals surface area contributed by atoms with Gasteiger partial charge in [0.1, 0.15) is 6.54 Å². The summed E-state index contributed by atoms with van der Waals surface area (Å²) >= 11 is 0. The first-order chi connectivity index (χ1) is 7.36. The van der Waals surface area contributed by atoms with Gasteiger partial charge >= 0.3 is 0 Å². The van der Waals surface area contributed by atoms with E-state index in [9.17, 15) is 0 Å². The Bertz CT molecular complexity index is 486. The summed E-state index contributed by atoms with van der Waals surface area (Å²) in [5.74, 6) is 6.19. The van der Waals surface area contributed by atoms with Crippen LogP contribution < -0.4 is 0 Å². The van der Waals surface area contributed by atoms with Crippen LogP contribution in [0.25, 0.3) is 0 Å². The van der Waals surface area contributed by atoms with Gasteiger partial charge in [-0.2, -0.15) is 5.10 Å². The van der Waals surface area contributed by atoms with E-state index >= 15 is 0 Å². The molecule has 0 radical (unpaired) electrons. The fourth-order valence-electron chi connectivity index (χ4n) is 1.30. The molecule has 0 N–H and O–H groups in total. The average molecular weight is 196 g/mol. The number of nitrogens with zero attached hydrogens (tertiary/aromatic N) is 2. The smallest absolute Gasteiger partial charge is 0.102 e. The van der Waals surface area contributed by atoms with Crippen LogP contribution in [0.2, 0.25) is 0 Å². The van der Waals surface area contributed by atoms with E-state index in [4.69, 9.17) is 0 Å². The lowest BCUT2D eigenvalue weighted by atomic mass is 10.2. The van der Waals surface area contributed by atoms with E-state index in [1.807, 2.05) is 48.0 Å².